The van der Waals surface area contributed by atoms with Gasteiger partial charge in [0.15, 0.2) is 5.17 Å². The fraction of sp³-hybridized carbons (Fsp3) is 0.438. The van der Waals surface area contributed by atoms with Crippen molar-refractivity contribution >= 4 is 46.0 Å². The van der Waals surface area contributed by atoms with Gasteiger partial charge in [-0.3, -0.25) is 14.6 Å². The second kappa shape index (κ2) is 8.30. The highest BCUT2D eigenvalue weighted by molar-refractivity contribution is 8.15. The number of anilines is 1. The number of amidine groups is 1. The van der Waals surface area contributed by atoms with Crippen LogP contribution in [0.15, 0.2) is 23.2 Å². The highest BCUT2D eigenvalue weighted by atomic mass is 35.5. The first kappa shape index (κ1) is 20.6. The van der Waals surface area contributed by atoms with Gasteiger partial charge in [0.05, 0.1) is 16.3 Å². The van der Waals surface area contributed by atoms with Gasteiger partial charge in [-0.25, -0.2) is 0 Å². The molecule has 26 heavy (non-hydrogen) atoms. The smallest absolute Gasteiger partial charge is 0.325 e. The Hall–Kier alpha value is -1.74. The number of carbonyl (C=O) groups is 2. The van der Waals surface area contributed by atoms with Gasteiger partial charge in [-0.05, 0) is 24.1 Å². The van der Waals surface area contributed by atoms with Gasteiger partial charge < -0.3 is 10.6 Å². The van der Waals surface area contributed by atoms with Crippen LogP contribution in [0.4, 0.5) is 18.9 Å². The molecule has 1 fully saturated rings. The van der Waals surface area contributed by atoms with Crippen molar-refractivity contribution in [2.24, 2.45) is 10.9 Å². The Labute approximate surface area is 157 Å². The van der Waals surface area contributed by atoms with Crippen LogP contribution in [0.1, 0.15) is 25.8 Å². The molecule has 1 saturated heterocycles. The maximum atomic E-state index is 12.8. The van der Waals surface area contributed by atoms with Crippen molar-refractivity contribution in [3.8, 4) is 0 Å². The Morgan fingerprint density at radius 2 is 2.12 bits per heavy atom. The minimum Gasteiger partial charge on any atom is -0.325 e. The molecule has 0 radical (unpaired) electrons. The third kappa shape index (κ3) is 5.63. The molecule has 5 nitrogen and oxygen atoms in total. The lowest BCUT2D eigenvalue weighted by Crippen LogP contribution is -2.28. The largest absolute Gasteiger partial charge is 0.416 e. The number of carbonyl (C=O) groups excluding carboxylic acids is 2. The van der Waals surface area contributed by atoms with Crippen molar-refractivity contribution in [3.63, 3.8) is 0 Å². The van der Waals surface area contributed by atoms with Crippen LogP contribution in [0.5, 0.6) is 0 Å². The quantitative estimate of drug-likeness (QED) is 0.776. The molecule has 142 valence electrons. The molecule has 1 unspecified atom stereocenters. The zero-order valence-corrected chi connectivity index (χ0v) is 15.6. The van der Waals surface area contributed by atoms with Crippen LogP contribution in [-0.2, 0) is 15.8 Å². The van der Waals surface area contributed by atoms with E-state index in [1.807, 2.05) is 13.8 Å². The van der Waals surface area contributed by atoms with Crippen molar-refractivity contribution in [3.05, 3.63) is 28.8 Å². The van der Waals surface area contributed by atoms with Gasteiger partial charge in [-0.2, -0.15) is 13.2 Å². The van der Waals surface area contributed by atoms with Gasteiger partial charge in [-0.1, -0.05) is 37.2 Å². The Morgan fingerprint density at radius 3 is 2.73 bits per heavy atom. The fourth-order valence-electron chi connectivity index (χ4n) is 2.05. The monoisotopic (exact) mass is 407 g/mol. The average molecular weight is 408 g/mol. The zero-order valence-electron chi connectivity index (χ0n) is 14.0. The molecule has 0 spiro atoms. The standard InChI is InChI=1S/C16H17ClF3N3O2S/c1-8(2)7-21-15-23-14(25)12(26-15)6-13(24)22-11-5-9(16(18,19)20)3-4-10(11)17/h3-5,8,12H,6-7H2,1-2H3,(H,22,24)(H,21,23,25). The van der Waals surface area contributed by atoms with Crippen LogP contribution in [0.2, 0.25) is 5.02 Å². The van der Waals surface area contributed by atoms with E-state index in [2.05, 4.69) is 15.6 Å². The van der Waals surface area contributed by atoms with E-state index in [9.17, 15) is 22.8 Å². The molecule has 0 aromatic heterocycles. The second-order valence-corrected chi connectivity index (χ2v) is 7.68. The van der Waals surface area contributed by atoms with Crippen LogP contribution in [-0.4, -0.2) is 28.8 Å². The van der Waals surface area contributed by atoms with E-state index in [1.54, 1.807) is 0 Å². The van der Waals surface area contributed by atoms with Crippen LogP contribution < -0.4 is 10.6 Å². The van der Waals surface area contributed by atoms with Gasteiger partial charge in [0.25, 0.3) is 0 Å². The van der Waals surface area contributed by atoms with E-state index >= 15 is 0 Å². The first-order valence-electron chi connectivity index (χ1n) is 7.75. The van der Waals surface area contributed by atoms with Crippen LogP contribution >= 0.6 is 23.4 Å². The molecule has 1 aliphatic heterocycles. The number of hydrogen-bond acceptors (Lipinski definition) is 4. The third-order valence-electron chi connectivity index (χ3n) is 3.32. The molecule has 0 bridgehead atoms. The van der Waals surface area contributed by atoms with Crippen molar-refractivity contribution in [1.29, 1.82) is 0 Å². The molecule has 0 saturated carbocycles. The minimum atomic E-state index is -4.55. The van der Waals surface area contributed by atoms with Crippen molar-refractivity contribution in [2.75, 3.05) is 11.9 Å². The summed E-state index contributed by atoms with van der Waals surface area (Å²) >= 11 is 6.97. The Morgan fingerprint density at radius 1 is 1.42 bits per heavy atom. The Balaban J connectivity index is 2.01. The summed E-state index contributed by atoms with van der Waals surface area (Å²) < 4.78 is 38.3. The maximum absolute atomic E-state index is 12.8. The molecule has 1 aromatic rings. The molecule has 10 heteroatoms. The maximum Gasteiger partial charge on any atom is 0.416 e. The minimum absolute atomic E-state index is 0.0194. The lowest BCUT2D eigenvalue weighted by Gasteiger charge is -2.12. The fourth-order valence-corrected chi connectivity index (χ4v) is 3.19. The summed E-state index contributed by atoms with van der Waals surface area (Å²) in [5, 5.41) is 4.65. The number of halogens is 4. The second-order valence-electron chi connectivity index (χ2n) is 6.08. The third-order valence-corrected chi connectivity index (χ3v) is 4.76. The number of thioether (sulfide) groups is 1. The predicted molar refractivity (Wildman–Crippen MR) is 96.4 cm³/mol. The number of alkyl halides is 3. The number of nitrogens with one attached hydrogen (secondary N) is 2. The summed E-state index contributed by atoms with van der Waals surface area (Å²) in [6.45, 7) is 4.51. The molecule has 1 aromatic carbocycles. The summed E-state index contributed by atoms with van der Waals surface area (Å²) in [6, 6.07) is 2.65. The van der Waals surface area contributed by atoms with E-state index in [0.717, 1.165) is 30.0 Å². The first-order chi connectivity index (χ1) is 12.1. The van der Waals surface area contributed by atoms with Gasteiger partial charge in [-0.15, -0.1) is 0 Å². The topological polar surface area (TPSA) is 70.6 Å². The van der Waals surface area contributed by atoms with Gasteiger partial charge in [0.1, 0.15) is 5.25 Å². The number of nitrogens with zero attached hydrogens (tertiary/aromatic N) is 1. The van der Waals surface area contributed by atoms with E-state index in [-0.39, 0.29) is 23.0 Å². The van der Waals surface area contributed by atoms with Gasteiger partial charge in [0.2, 0.25) is 11.8 Å². The van der Waals surface area contributed by atoms with Gasteiger partial charge in [0, 0.05) is 13.0 Å². The number of benzene rings is 1. The molecule has 0 aliphatic carbocycles. The molecule has 1 atom stereocenters. The van der Waals surface area contributed by atoms with Crippen LogP contribution in [0.25, 0.3) is 0 Å². The molecular formula is C16H17ClF3N3O2S. The van der Waals surface area contributed by atoms with Crippen molar-refractivity contribution in [1.82, 2.24) is 5.32 Å². The van der Waals surface area contributed by atoms with Crippen LogP contribution in [0, 0.1) is 5.92 Å². The van der Waals surface area contributed by atoms with E-state index in [1.165, 1.54) is 0 Å². The molecular weight excluding hydrogens is 391 g/mol. The molecule has 2 N–H and O–H groups in total. The number of hydrogen-bond donors (Lipinski definition) is 2. The van der Waals surface area contributed by atoms with Crippen LogP contribution in [0.3, 0.4) is 0 Å². The molecule has 2 rings (SSSR count). The molecule has 2 amide bonds. The molecule has 1 aliphatic rings. The van der Waals surface area contributed by atoms with E-state index in [4.69, 9.17) is 11.6 Å². The SMILES string of the molecule is CC(C)CN=C1NC(=O)C(CC(=O)Nc2cc(C(F)(F)F)ccc2Cl)S1. The van der Waals surface area contributed by atoms with Crippen molar-refractivity contribution < 1.29 is 22.8 Å². The first-order valence-corrected chi connectivity index (χ1v) is 9.00. The normalized spacial score (nSPS) is 19.1. The Kier molecular flexibility index (Phi) is 6.57. The Bertz CT molecular complexity index is 738. The zero-order chi connectivity index (χ0) is 19.5. The van der Waals surface area contributed by atoms with E-state index in [0.29, 0.717) is 17.6 Å². The summed E-state index contributed by atoms with van der Waals surface area (Å²) in [7, 11) is 0. The van der Waals surface area contributed by atoms with Crippen molar-refractivity contribution in [2.45, 2.75) is 31.7 Å². The lowest BCUT2D eigenvalue weighted by molar-refractivity contribution is -0.137. The molecule has 1 heterocycles. The van der Waals surface area contributed by atoms with E-state index < -0.39 is 22.9 Å². The highest BCUT2D eigenvalue weighted by Gasteiger charge is 2.33. The summed E-state index contributed by atoms with van der Waals surface area (Å²) in [5.41, 5.74) is -1.07. The highest BCUT2D eigenvalue weighted by Crippen LogP contribution is 2.34. The number of aliphatic imine (C=N–C) groups is 1. The summed E-state index contributed by atoms with van der Waals surface area (Å²) in [6.07, 6.45) is -4.75. The lowest BCUT2D eigenvalue weighted by atomic mass is 10.2. The van der Waals surface area contributed by atoms with Gasteiger partial charge >= 0.3 is 6.18 Å². The average Bonchev–Trinajstić information content (AvgIpc) is 2.86. The summed E-state index contributed by atoms with van der Waals surface area (Å²) in [5.74, 6) is -0.641. The number of rotatable bonds is 5. The summed E-state index contributed by atoms with van der Waals surface area (Å²) in [4.78, 5) is 28.3. The number of amides is 2. The predicted octanol–water partition coefficient (Wildman–Crippen LogP) is 3.93.